The minimum absolute atomic E-state index is 0.0848. The van der Waals surface area contributed by atoms with Gasteiger partial charge < -0.3 is 9.47 Å². The van der Waals surface area contributed by atoms with Crippen LogP contribution in [0.1, 0.15) is 45.2 Å². The SMILES string of the molecule is C=C(C)CCC(NN)c1ccc(OCC)c(OCC)c1. The summed E-state index contributed by atoms with van der Waals surface area (Å²) in [7, 11) is 0. The van der Waals surface area contributed by atoms with Crippen LogP contribution in [0, 0.1) is 0 Å². The van der Waals surface area contributed by atoms with Crippen LogP contribution >= 0.6 is 0 Å². The van der Waals surface area contributed by atoms with Gasteiger partial charge in [0, 0.05) is 6.04 Å². The first-order valence-corrected chi connectivity index (χ1v) is 7.12. The molecule has 0 fully saturated rings. The number of nitrogens with one attached hydrogen (secondary N) is 1. The fraction of sp³-hybridized carbons (Fsp3) is 0.500. The molecule has 0 radical (unpaired) electrons. The van der Waals surface area contributed by atoms with Crippen LogP contribution in [0.2, 0.25) is 0 Å². The topological polar surface area (TPSA) is 56.5 Å². The fourth-order valence-electron chi connectivity index (χ4n) is 2.02. The summed E-state index contributed by atoms with van der Waals surface area (Å²) in [6.45, 7) is 11.1. The maximum absolute atomic E-state index is 5.66. The fourth-order valence-corrected chi connectivity index (χ4v) is 2.02. The largest absolute Gasteiger partial charge is 0.490 e. The average Bonchev–Trinajstić information content (AvgIpc) is 2.42. The second kappa shape index (κ2) is 8.61. The first-order chi connectivity index (χ1) is 9.62. The van der Waals surface area contributed by atoms with Crippen LogP contribution in [0.3, 0.4) is 0 Å². The molecule has 1 aromatic carbocycles. The maximum Gasteiger partial charge on any atom is 0.161 e. The molecule has 0 spiro atoms. The van der Waals surface area contributed by atoms with Gasteiger partial charge in [0.25, 0.3) is 0 Å². The number of nitrogens with two attached hydrogens (primary N) is 1. The number of allylic oxidation sites excluding steroid dienone is 1. The Kier molecular flexibility index (Phi) is 7.12. The molecule has 0 aromatic heterocycles. The van der Waals surface area contributed by atoms with Crippen LogP contribution in [-0.4, -0.2) is 13.2 Å². The van der Waals surface area contributed by atoms with Crippen molar-refractivity contribution in [3.63, 3.8) is 0 Å². The van der Waals surface area contributed by atoms with Crippen molar-refractivity contribution in [2.75, 3.05) is 13.2 Å². The van der Waals surface area contributed by atoms with E-state index in [1.54, 1.807) is 0 Å². The van der Waals surface area contributed by atoms with Crippen molar-refractivity contribution < 1.29 is 9.47 Å². The van der Waals surface area contributed by atoms with E-state index < -0.39 is 0 Å². The minimum atomic E-state index is 0.0848. The van der Waals surface area contributed by atoms with Crippen LogP contribution in [0.4, 0.5) is 0 Å². The highest BCUT2D eigenvalue weighted by Gasteiger charge is 2.13. The van der Waals surface area contributed by atoms with Gasteiger partial charge >= 0.3 is 0 Å². The number of hydrogen-bond donors (Lipinski definition) is 2. The third-order valence-corrected chi connectivity index (χ3v) is 3.03. The lowest BCUT2D eigenvalue weighted by Crippen LogP contribution is -2.28. The summed E-state index contributed by atoms with van der Waals surface area (Å²) in [5.74, 6) is 7.20. The number of hydrazine groups is 1. The van der Waals surface area contributed by atoms with E-state index in [2.05, 4.69) is 12.0 Å². The lowest BCUT2D eigenvalue weighted by molar-refractivity contribution is 0.287. The van der Waals surface area contributed by atoms with E-state index in [1.807, 2.05) is 39.0 Å². The molecule has 4 heteroatoms. The van der Waals surface area contributed by atoms with Crippen molar-refractivity contribution in [2.24, 2.45) is 5.84 Å². The lowest BCUT2D eigenvalue weighted by Gasteiger charge is -2.19. The van der Waals surface area contributed by atoms with Crippen molar-refractivity contribution in [1.82, 2.24) is 5.43 Å². The summed E-state index contributed by atoms with van der Waals surface area (Å²) in [5.41, 5.74) is 5.11. The predicted octanol–water partition coefficient (Wildman–Crippen LogP) is 3.34. The normalized spacial score (nSPS) is 12.0. The van der Waals surface area contributed by atoms with E-state index in [-0.39, 0.29) is 6.04 Å². The number of ether oxygens (including phenoxy) is 2. The number of rotatable bonds is 9. The van der Waals surface area contributed by atoms with Crippen molar-refractivity contribution in [1.29, 1.82) is 0 Å². The van der Waals surface area contributed by atoms with Crippen LogP contribution < -0.4 is 20.7 Å². The Hall–Kier alpha value is -1.52. The first-order valence-electron chi connectivity index (χ1n) is 7.12. The molecule has 0 saturated heterocycles. The lowest BCUT2D eigenvalue weighted by atomic mass is 10.00. The van der Waals surface area contributed by atoms with Crippen molar-refractivity contribution in [3.8, 4) is 11.5 Å². The van der Waals surface area contributed by atoms with Gasteiger partial charge in [-0.05, 0) is 51.3 Å². The highest BCUT2D eigenvalue weighted by molar-refractivity contribution is 5.44. The molecule has 0 bridgehead atoms. The zero-order valence-corrected chi connectivity index (χ0v) is 12.7. The maximum atomic E-state index is 5.66. The van der Waals surface area contributed by atoms with Gasteiger partial charge in [0.05, 0.1) is 13.2 Å². The molecule has 1 aromatic rings. The third kappa shape index (κ3) is 4.87. The van der Waals surface area contributed by atoms with Gasteiger partial charge in [-0.15, -0.1) is 6.58 Å². The Balaban J connectivity index is 2.92. The van der Waals surface area contributed by atoms with Gasteiger partial charge in [-0.25, -0.2) is 0 Å². The van der Waals surface area contributed by atoms with Crippen LogP contribution in [0.15, 0.2) is 30.4 Å². The van der Waals surface area contributed by atoms with Crippen molar-refractivity contribution in [2.45, 2.75) is 39.7 Å². The Morgan fingerprint density at radius 2 is 1.90 bits per heavy atom. The molecular formula is C16H26N2O2. The molecule has 3 N–H and O–H groups in total. The molecule has 0 aliphatic rings. The summed E-state index contributed by atoms with van der Waals surface area (Å²) in [4.78, 5) is 0. The van der Waals surface area contributed by atoms with Gasteiger partial charge in [0.1, 0.15) is 0 Å². The number of benzene rings is 1. The second-order valence-corrected chi connectivity index (χ2v) is 4.79. The van der Waals surface area contributed by atoms with E-state index in [4.69, 9.17) is 15.3 Å². The van der Waals surface area contributed by atoms with Crippen molar-refractivity contribution >= 4 is 0 Å². The molecule has 0 saturated carbocycles. The van der Waals surface area contributed by atoms with Gasteiger partial charge in [0.2, 0.25) is 0 Å². The molecule has 1 rings (SSSR count). The zero-order chi connectivity index (χ0) is 15.0. The van der Waals surface area contributed by atoms with Crippen LogP contribution in [-0.2, 0) is 0 Å². The van der Waals surface area contributed by atoms with Gasteiger partial charge in [-0.3, -0.25) is 11.3 Å². The molecule has 0 aliphatic heterocycles. The zero-order valence-electron chi connectivity index (χ0n) is 12.7. The Labute approximate surface area is 121 Å². The average molecular weight is 278 g/mol. The Morgan fingerprint density at radius 3 is 2.45 bits per heavy atom. The second-order valence-electron chi connectivity index (χ2n) is 4.79. The molecule has 0 amide bonds. The predicted molar refractivity (Wildman–Crippen MR) is 82.9 cm³/mol. The van der Waals surface area contributed by atoms with Crippen LogP contribution in [0.5, 0.6) is 11.5 Å². The first kappa shape index (κ1) is 16.5. The monoisotopic (exact) mass is 278 g/mol. The summed E-state index contributed by atoms with van der Waals surface area (Å²) in [6.07, 6.45) is 1.84. The van der Waals surface area contributed by atoms with E-state index in [1.165, 1.54) is 0 Å². The van der Waals surface area contributed by atoms with Gasteiger partial charge in [-0.2, -0.15) is 0 Å². The molecule has 0 heterocycles. The van der Waals surface area contributed by atoms with Gasteiger partial charge in [0.15, 0.2) is 11.5 Å². The summed E-state index contributed by atoms with van der Waals surface area (Å²) in [6, 6.07) is 6.05. The molecule has 0 aliphatic carbocycles. The Bertz CT molecular complexity index is 432. The summed E-state index contributed by atoms with van der Waals surface area (Å²) in [5, 5.41) is 0. The Morgan fingerprint density at radius 1 is 1.25 bits per heavy atom. The molecule has 112 valence electrons. The van der Waals surface area contributed by atoms with E-state index >= 15 is 0 Å². The molecule has 20 heavy (non-hydrogen) atoms. The quantitative estimate of drug-likeness (QED) is 0.413. The summed E-state index contributed by atoms with van der Waals surface area (Å²) >= 11 is 0. The number of hydrogen-bond acceptors (Lipinski definition) is 4. The van der Waals surface area contributed by atoms with Crippen LogP contribution in [0.25, 0.3) is 0 Å². The molecule has 1 atom stereocenters. The highest BCUT2D eigenvalue weighted by atomic mass is 16.5. The van der Waals surface area contributed by atoms with E-state index in [0.29, 0.717) is 13.2 Å². The molecule has 1 unspecified atom stereocenters. The van der Waals surface area contributed by atoms with Crippen molar-refractivity contribution in [3.05, 3.63) is 35.9 Å². The molecule has 4 nitrogen and oxygen atoms in total. The highest BCUT2D eigenvalue weighted by Crippen LogP contribution is 2.32. The van der Waals surface area contributed by atoms with E-state index in [0.717, 1.165) is 35.5 Å². The van der Waals surface area contributed by atoms with E-state index in [9.17, 15) is 0 Å². The minimum Gasteiger partial charge on any atom is -0.490 e. The summed E-state index contributed by atoms with van der Waals surface area (Å²) < 4.78 is 11.2. The third-order valence-electron chi connectivity index (χ3n) is 3.03. The smallest absolute Gasteiger partial charge is 0.161 e. The molecular weight excluding hydrogens is 252 g/mol. The van der Waals surface area contributed by atoms with Gasteiger partial charge in [-0.1, -0.05) is 11.6 Å². The standard InChI is InChI=1S/C16H26N2O2/c1-5-19-15-10-8-13(11-16(15)20-6-2)14(18-17)9-7-12(3)4/h8,10-11,14,18H,3,5-7,9,17H2,1-2,4H3.